The summed E-state index contributed by atoms with van der Waals surface area (Å²) in [6.07, 6.45) is 9.23. The fourth-order valence-electron chi connectivity index (χ4n) is 1.69. The van der Waals surface area contributed by atoms with Crippen LogP contribution >= 0.6 is 0 Å². The Bertz CT molecular complexity index is 559. The van der Waals surface area contributed by atoms with E-state index in [0.29, 0.717) is 0 Å². The Hall–Kier alpha value is -1.85. The molecule has 0 aliphatic carbocycles. The Morgan fingerprint density at radius 1 is 1.29 bits per heavy atom. The molecule has 2 heteroatoms. The minimum Gasteiger partial charge on any atom is -0.297 e. The van der Waals surface area contributed by atoms with Gasteiger partial charge in [-0.25, -0.2) is 0 Å². The lowest BCUT2D eigenvalue weighted by Crippen LogP contribution is -2.36. The lowest BCUT2D eigenvalue weighted by atomic mass is 10.0. The van der Waals surface area contributed by atoms with Gasteiger partial charge < -0.3 is 0 Å². The van der Waals surface area contributed by atoms with Crippen molar-refractivity contribution in [1.29, 1.82) is 0 Å². The van der Waals surface area contributed by atoms with Crippen LogP contribution in [-0.2, 0) is 6.54 Å². The van der Waals surface area contributed by atoms with Gasteiger partial charge in [-0.3, -0.25) is 10.3 Å². The molecule has 0 unspecified atom stereocenters. The Morgan fingerprint density at radius 3 is 2.82 bits per heavy atom. The van der Waals surface area contributed by atoms with Crippen molar-refractivity contribution in [2.75, 3.05) is 0 Å². The summed E-state index contributed by atoms with van der Waals surface area (Å²) in [4.78, 5) is 4.25. The van der Waals surface area contributed by atoms with Gasteiger partial charge in [0.15, 0.2) is 0 Å². The van der Waals surface area contributed by atoms with Crippen LogP contribution < -0.4 is 5.32 Å². The summed E-state index contributed by atoms with van der Waals surface area (Å²) in [6, 6.07) is 8.24. The fourth-order valence-corrected chi connectivity index (χ4v) is 1.69. The zero-order valence-corrected chi connectivity index (χ0v) is 10.2. The van der Waals surface area contributed by atoms with E-state index < -0.39 is 0 Å². The predicted octanol–water partition coefficient (Wildman–Crippen LogP) is 2.74. The van der Waals surface area contributed by atoms with Gasteiger partial charge in [0.2, 0.25) is 0 Å². The minimum atomic E-state index is -0.295. The molecular formula is C15H16N2. The molecule has 17 heavy (non-hydrogen) atoms. The Kier molecular flexibility index (Phi) is 3.12. The highest BCUT2D eigenvalue weighted by atomic mass is 14.9. The third-order valence-corrected chi connectivity index (χ3v) is 2.83. The monoisotopic (exact) mass is 224 g/mol. The highest BCUT2D eigenvalue weighted by Gasteiger charge is 2.12. The average Bonchev–Trinajstić information content (AvgIpc) is 2.36. The summed E-state index contributed by atoms with van der Waals surface area (Å²) < 4.78 is 0. The van der Waals surface area contributed by atoms with Crippen molar-refractivity contribution in [2.45, 2.75) is 25.9 Å². The maximum absolute atomic E-state index is 5.45. The number of terminal acetylenes is 1. The van der Waals surface area contributed by atoms with Gasteiger partial charge >= 0.3 is 0 Å². The molecule has 1 N–H and O–H groups in total. The summed E-state index contributed by atoms with van der Waals surface area (Å²) in [5, 5.41) is 5.72. The van der Waals surface area contributed by atoms with Crippen molar-refractivity contribution in [3.8, 4) is 12.3 Å². The van der Waals surface area contributed by atoms with Crippen LogP contribution in [0.3, 0.4) is 0 Å². The summed E-state index contributed by atoms with van der Waals surface area (Å²) in [5.74, 6) is 2.73. The molecular weight excluding hydrogens is 208 g/mol. The lowest BCUT2D eigenvalue weighted by molar-refractivity contribution is 0.492. The maximum atomic E-state index is 5.45. The van der Waals surface area contributed by atoms with Gasteiger partial charge in [-0.2, -0.15) is 0 Å². The smallest absolute Gasteiger partial charge is 0.0743 e. The van der Waals surface area contributed by atoms with E-state index in [1.165, 1.54) is 10.9 Å². The van der Waals surface area contributed by atoms with Gasteiger partial charge in [0.25, 0.3) is 0 Å². The molecule has 2 nitrogen and oxygen atoms in total. The first-order chi connectivity index (χ1) is 8.12. The van der Waals surface area contributed by atoms with Crippen LogP contribution in [0, 0.1) is 12.3 Å². The molecule has 0 saturated carbocycles. The van der Waals surface area contributed by atoms with Crippen molar-refractivity contribution < 1.29 is 0 Å². The number of nitrogens with zero attached hydrogens (tertiary/aromatic N) is 1. The minimum absolute atomic E-state index is 0.295. The molecule has 0 atom stereocenters. The molecule has 1 aromatic heterocycles. The van der Waals surface area contributed by atoms with E-state index >= 15 is 0 Å². The predicted molar refractivity (Wildman–Crippen MR) is 71.5 cm³/mol. The van der Waals surface area contributed by atoms with E-state index in [0.717, 1.165) is 11.9 Å². The number of hydrogen-bond acceptors (Lipinski definition) is 2. The zero-order chi connectivity index (χ0) is 12.3. The van der Waals surface area contributed by atoms with Gasteiger partial charge in [0.05, 0.1) is 5.54 Å². The van der Waals surface area contributed by atoms with E-state index in [1.807, 2.05) is 38.4 Å². The number of benzene rings is 1. The first kappa shape index (κ1) is 11.6. The highest BCUT2D eigenvalue weighted by Crippen LogP contribution is 2.17. The SMILES string of the molecule is C#CC(C)(C)NCc1cncc2ccccc12. The van der Waals surface area contributed by atoms with Gasteiger partial charge in [-0.05, 0) is 24.8 Å². The van der Waals surface area contributed by atoms with Crippen molar-refractivity contribution in [3.05, 3.63) is 42.2 Å². The molecule has 1 aromatic carbocycles. The molecule has 0 amide bonds. The van der Waals surface area contributed by atoms with E-state index in [4.69, 9.17) is 6.42 Å². The molecule has 0 saturated heterocycles. The maximum Gasteiger partial charge on any atom is 0.0743 e. The molecule has 0 aliphatic heterocycles. The van der Waals surface area contributed by atoms with Crippen LogP contribution in [0.1, 0.15) is 19.4 Å². The number of pyridine rings is 1. The topological polar surface area (TPSA) is 24.9 Å². The van der Waals surface area contributed by atoms with Crippen LogP contribution in [0.15, 0.2) is 36.7 Å². The second-order valence-corrected chi connectivity index (χ2v) is 4.64. The van der Waals surface area contributed by atoms with Gasteiger partial charge in [-0.1, -0.05) is 30.2 Å². The lowest BCUT2D eigenvalue weighted by Gasteiger charge is -2.20. The molecule has 0 aliphatic rings. The molecule has 0 radical (unpaired) electrons. The van der Waals surface area contributed by atoms with Gasteiger partial charge in [0.1, 0.15) is 0 Å². The van der Waals surface area contributed by atoms with E-state index in [1.54, 1.807) is 0 Å². The summed E-state index contributed by atoms with van der Waals surface area (Å²) in [6.45, 7) is 4.71. The molecule has 2 rings (SSSR count). The van der Waals surface area contributed by atoms with Crippen molar-refractivity contribution in [1.82, 2.24) is 10.3 Å². The summed E-state index contributed by atoms with van der Waals surface area (Å²) in [5.41, 5.74) is 0.878. The van der Waals surface area contributed by atoms with Crippen LogP contribution in [0.2, 0.25) is 0 Å². The van der Waals surface area contributed by atoms with E-state index in [-0.39, 0.29) is 5.54 Å². The summed E-state index contributed by atoms with van der Waals surface area (Å²) in [7, 11) is 0. The average molecular weight is 224 g/mol. The first-order valence-electron chi connectivity index (χ1n) is 5.67. The molecule has 86 valence electrons. The van der Waals surface area contributed by atoms with E-state index in [2.05, 4.69) is 28.4 Å². The molecule has 2 aromatic rings. The van der Waals surface area contributed by atoms with Crippen molar-refractivity contribution >= 4 is 10.8 Å². The molecule has 0 fully saturated rings. The van der Waals surface area contributed by atoms with Gasteiger partial charge in [0, 0.05) is 24.3 Å². The zero-order valence-electron chi connectivity index (χ0n) is 10.2. The number of nitrogens with one attached hydrogen (secondary N) is 1. The second kappa shape index (κ2) is 4.57. The normalized spacial score (nSPS) is 11.4. The number of hydrogen-bond donors (Lipinski definition) is 1. The van der Waals surface area contributed by atoms with Crippen LogP contribution in [0.4, 0.5) is 0 Å². The van der Waals surface area contributed by atoms with Crippen LogP contribution in [-0.4, -0.2) is 10.5 Å². The number of rotatable bonds is 3. The molecule has 1 heterocycles. The standard InChI is InChI=1S/C15H16N2/c1-4-15(2,3)17-11-13-10-16-9-12-7-5-6-8-14(12)13/h1,5-10,17H,11H2,2-3H3. The molecule has 0 bridgehead atoms. The number of fused-ring (bicyclic) bond motifs is 1. The van der Waals surface area contributed by atoms with E-state index in [9.17, 15) is 0 Å². The second-order valence-electron chi connectivity index (χ2n) is 4.64. The van der Waals surface area contributed by atoms with Gasteiger partial charge in [-0.15, -0.1) is 6.42 Å². The third kappa shape index (κ3) is 2.64. The Labute approximate surface area is 102 Å². The van der Waals surface area contributed by atoms with Crippen molar-refractivity contribution in [2.24, 2.45) is 0 Å². The quantitative estimate of drug-likeness (QED) is 0.811. The Balaban J connectivity index is 2.28. The highest BCUT2D eigenvalue weighted by molar-refractivity contribution is 5.84. The fraction of sp³-hybridized carbons (Fsp3) is 0.267. The third-order valence-electron chi connectivity index (χ3n) is 2.83. The summed E-state index contributed by atoms with van der Waals surface area (Å²) >= 11 is 0. The Morgan fingerprint density at radius 2 is 2.06 bits per heavy atom. The van der Waals surface area contributed by atoms with Crippen molar-refractivity contribution in [3.63, 3.8) is 0 Å². The van der Waals surface area contributed by atoms with Crippen LogP contribution in [0.5, 0.6) is 0 Å². The number of aromatic nitrogens is 1. The molecule has 0 spiro atoms. The van der Waals surface area contributed by atoms with Crippen LogP contribution in [0.25, 0.3) is 10.8 Å². The largest absolute Gasteiger partial charge is 0.297 e. The first-order valence-corrected chi connectivity index (χ1v) is 5.67.